The van der Waals surface area contributed by atoms with Crippen molar-refractivity contribution in [1.29, 1.82) is 0 Å². The van der Waals surface area contributed by atoms with E-state index in [9.17, 15) is 4.79 Å². The predicted molar refractivity (Wildman–Crippen MR) is 108 cm³/mol. The number of hydrogen-bond acceptors (Lipinski definition) is 2. The van der Waals surface area contributed by atoms with E-state index in [1.165, 1.54) is 32.1 Å². The van der Waals surface area contributed by atoms with Crippen molar-refractivity contribution < 1.29 is 9.53 Å². The molecule has 0 aromatic heterocycles. The van der Waals surface area contributed by atoms with Gasteiger partial charge in [-0.25, -0.2) is 0 Å². The van der Waals surface area contributed by atoms with Crippen molar-refractivity contribution in [3.05, 3.63) is 12.2 Å². The Labute approximate surface area is 165 Å². The largest absolute Gasteiger partial charge is 0.462 e. The van der Waals surface area contributed by atoms with Gasteiger partial charge in [0.05, 0.1) is 0 Å². The van der Waals surface area contributed by atoms with E-state index in [0.717, 1.165) is 66.6 Å². The number of rotatable bonds is 4. The summed E-state index contributed by atoms with van der Waals surface area (Å²) in [6.07, 6.45) is 15.8. The van der Waals surface area contributed by atoms with Crippen molar-refractivity contribution in [1.82, 2.24) is 0 Å². The smallest absolute Gasteiger partial charge is 0.306 e. The highest BCUT2D eigenvalue weighted by Crippen LogP contribution is 2.67. The molecule has 0 aromatic rings. The molecule has 4 fully saturated rings. The molecule has 0 amide bonds. The zero-order chi connectivity index (χ0) is 18.8. The van der Waals surface area contributed by atoms with Crippen LogP contribution in [-0.2, 0) is 9.53 Å². The summed E-state index contributed by atoms with van der Waals surface area (Å²) in [4.78, 5) is 12.5. The predicted octanol–water partition coefficient (Wildman–Crippen LogP) is 6.01. The Bertz CT molecular complexity index is 606. The molecule has 7 atom stereocenters. The second-order valence-electron chi connectivity index (χ2n) is 11.6. The Morgan fingerprint density at radius 2 is 1.67 bits per heavy atom. The fourth-order valence-electron chi connectivity index (χ4n) is 8.08. The SMILES string of the molecule is CC(C)(C)C1CCC(OC(=O)CCC2CC3CC2C2C4C=CC(C4)C32)CC1. The average Bonchev–Trinajstić information content (AvgIpc) is 3.38. The van der Waals surface area contributed by atoms with E-state index in [-0.39, 0.29) is 12.1 Å². The lowest BCUT2D eigenvalue weighted by molar-refractivity contribution is -0.151. The lowest BCUT2D eigenvalue weighted by Gasteiger charge is -2.37. The fourth-order valence-corrected chi connectivity index (χ4v) is 8.08. The molecule has 7 unspecified atom stereocenters. The van der Waals surface area contributed by atoms with Crippen LogP contribution in [0.3, 0.4) is 0 Å². The van der Waals surface area contributed by atoms with Gasteiger partial charge in [0.25, 0.3) is 0 Å². The number of hydrogen-bond donors (Lipinski definition) is 0. The highest BCUT2D eigenvalue weighted by Gasteiger charge is 2.60. The van der Waals surface area contributed by atoms with Gasteiger partial charge >= 0.3 is 5.97 Å². The lowest BCUT2D eigenvalue weighted by Crippen LogP contribution is -2.32. The monoisotopic (exact) mass is 370 g/mol. The van der Waals surface area contributed by atoms with Crippen LogP contribution in [0.2, 0.25) is 0 Å². The van der Waals surface area contributed by atoms with Crippen LogP contribution in [0.25, 0.3) is 0 Å². The van der Waals surface area contributed by atoms with E-state index >= 15 is 0 Å². The van der Waals surface area contributed by atoms with Crippen LogP contribution in [0.4, 0.5) is 0 Å². The van der Waals surface area contributed by atoms with Gasteiger partial charge in [-0.05, 0) is 104 Å². The van der Waals surface area contributed by atoms with E-state index in [2.05, 4.69) is 32.9 Å². The molecule has 0 spiro atoms. The summed E-state index contributed by atoms with van der Waals surface area (Å²) in [5, 5.41) is 0. The van der Waals surface area contributed by atoms with Gasteiger partial charge in [-0.2, -0.15) is 0 Å². The van der Waals surface area contributed by atoms with Crippen molar-refractivity contribution in [3.63, 3.8) is 0 Å². The zero-order valence-electron chi connectivity index (χ0n) is 17.5. The Hall–Kier alpha value is -0.790. The molecular formula is C25H38O2. The summed E-state index contributed by atoms with van der Waals surface area (Å²) in [5.74, 6) is 7.30. The maximum Gasteiger partial charge on any atom is 0.306 e. The van der Waals surface area contributed by atoms with E-state index in [4.69, 9.17) is 4.74 Å². The fraction of sp³-hybridized carbons (Fsp3) is 0.880. The molecule has 0 radical (unpaired) electrons. The third kappa shape index (κ3) is 3.19. The molecule has 0 aliphatic heterocycles. The number of carbonyl (C=O) groups excluding carboxylic acids is 1. The second-order valence-corrected chi connectivity index (χ2v) is 11.6. The zero-order valence-corrected chi connectivity index (χ0v) is 17.5. The quantitative estimate of drug-likeness (QED) is 0.344. The summed E-state index contributed by atoms with van der Waals surface area (Å²) in [5.41, 5.74) is 0.392. The van der Waals surface area contributed by atoms with Crippen molar-refractivity contribution in [2.24, 2.45) is 52.8 Å². The minimum atomic E-state index is 0.0846. The van der Waals surface area contributed by atoms with Crippen molar-refractivity contribution in [2.75, 3.05) is 0 Å². The third-order valence-electron chi connectivity index (χ3n) is 9.32. The van der Waals surface area contributed by atoms with Crippen LogP contribution in [0.15, 0.2) is 12.2 Å². The van der Waals surface area contributed by atoms with Gasteiger partial charge in [-0.1, -0.05) is 32.9 Å². The number of esters is 1. The van der Waals surface area contributed by atoms with Gasteiger partial charge in [0.1, 0.15) is 6.10 Å². The van der Waals surface area contributed by atoms with E-state index in [1.807, 2.05) is 0 Å². The number of allylic oxidation sites excluding steroid dienone is 2. The Kier molecular flexibility index (Phi) is 4.48. The third-order valence-corrected chi connectivity index (χ3v) is 9.32. The first-order chi connectivity index (χ1) is 12.9. The van der Waals surface area contributed by atoms with Gasteiger partial charge in [-0.15, -0.1) is 0 Å². The number of fused-ring (bicyclic) bond motifs is 9. The first-order valence-electron chi connectivity index (χ1n) is 11.8. The minimum absolute atomic E-state index is 0.0846. The second kappa shape index (κ2) is 6.63. The molecule has 5 rings (SSSR count). The van der Waals surface area contributed by atoms with Gasteiger partial charge in [0, 0.05) is 6.42 Å². The Balaban J connectivity index is 1.08. The van der Waals surface area contributed by atoms with E-state index < -0.39 is 0 Å². The molecule has 4 saturated carbocycles. The summed E-state index contributed by atoms with van der Waals surface area (Å²) < 4.78 is 5.88. The average molecular weight is 371 g/mol. The molecule has 2 heteroatoms. The van der Waals surface area contributed by atoms with Crippen molar-refractivity contribution in [3.8, 4) is 0 Å². The van der Waals surface area contributed by atoms with Crippen LogP contribution >= 0.6 is 0 Å². The molecule has 0 N–H and O–H groups in total. The molecule has 0 heterocycles. The topological polar surface area (TPSA) is 26.3 Å². The van der Waals surface area contributed by atoms with Gasteiger partial charge in [0.2, 0.25) is 0 Å². The summed E-state index contributed by atoms with van der Waals surface area (Å²) >= 11 is 0. The van der Waals surface area contributed by atoms with E-state index in [0.29, 0.717) is 11.8 Å². The van der Waals surface area contributed by atoms with Crippen molar-refractivity contribution in [2.45, 2.75) is 84.7 Å². The molecule has 5 aliphatic carbocycles. The number of ether oxygens (including phenoxy) is 1. The van der Waals surface area contributed by atoms with Crippen LogP contribution in [0.1, 0.15) is 78.6 Å². The van der Waals surface area contributed by atoms with Crippen LogP contribution < -0.4 is 0 Å². The lowest BCUT2D eigenvalue weighted by atomic mass is 9.68. The van der Waals surface area contributed by atoms with Gasteiger partial charge in [0.15, 0.2) is 0 Å². The number of carbonyl (C=O) groups is 1. The molecule has 0 saturated heterocycles. The molecule has 4 bridgehead atoms. The summed E-state index contributed by atoms with van der Waals surface area (Å²) in [6.45, 7) is 7.03. The maximum atomic E-state index is 12.5. The highest BCUT2D eigenvalue weighted by atomic mass is 16.5. The van der Waals surface area contributed by atoms with E-state index in [1.54, 1.807) is 0 Å². The van der Waals surface area contributed by atoms with Crippen LogP contribution in [0, 0.1) is 52.8 Å². The van der Waals surface area contributed by atoms with Gasteiger partial charge in [-0.3, -0.25) is 4.79 Å². The highest BCUT2D eigenvalue weighted by molar-refractivity contribution is 5.69. The molecule has 5 aliphatic rings. The first-order valence-corrected chi connectivity index (χ1v) is 11.8. The Morgan fingerprint density at radius 3 is 2.37 bits per heavy atom. The molecule has 2 nitrogen and oxygen atoms in total. The minimum Gasteiger partial charge on any atom is -0.462 e. The first kappa shape index (κ1) is 18.3. The molecule has 0 aromatic carbocycles. The maximum absolute atomic E-state index is 12.5. The summed E-state index contributed by atoms with van der Waals surface area (Å²) in [6, 6.07) is 0. The van der Waals surface area contributed by atoms with Gasteiger partial charge < -0.3 is 4.74 Å². The summed E-state index contributed by atoms with van der Waals surface area (Å²) in [7, 11) is 0. The molecule has 27 heavy (non-hydrogen) atoms. The normalized spacial score (nSPS) is 47.4. The molecular weight excluding hydrogens is 332 g/mol. The molecule has 150 valence electrons. The van der Waals surface area contributed by atoms with Crippen molar-refractivity contribution >= 4 is 5.97 Å². The standard InChI is InChI=1S/C25H38O2/c1-25(2,3)19-7-9-20(10-8-19)27-22(26)11-6-15-12-18-14-21(15)24-17-5-4-16(13-17)23(18)24/h4-5,15-21,23-24H,6-14H2,1-3H3. The Morgan fingerprint density at radius 1 is 0.963 bits per heavy atom. The van der Waals surface area contributed by atoms with Crippen LogP contribution in [0.5, 0.6) is 0 Å². The van der Waals surface area contributed by atoms with Crippen LogP contribution in [-0.4, -0.2) is 12.1 Å².